The number of para-hydroxylation sites is 3. The number of benzene rings is 7. The van der Waals surface area contributed by atoms with E-state index in [1.807, 2.05) is 30.5 Å². The monoisotopic (exact) mass is 666 g/mol. The van der Waals surface area contributed by atoms with Gasteiger partial charge in [0, 0.05) is 51.1 Å². The van der Waals surface area contributed by atoms with Crippen LogP contribution in [0.5, 0.6) is 11.5 Å². The Hall–Kier alpha value is -6.91. The van der Waals surface area contributed by atoms with Crippen LogP contribution >= 0.6 is 0 Å². The molecule has 52 heavy (non-hydrogen) atoms. The third kappa shape index (κ3) is 4.00. The minimum Gasteiger partial charge on any atom is -0.457 e. The van der Waals surface area contributed by atoms with Crippen LogP contribution in [0.1, 0.15) is 22.3 Å². The van der Waals surface area contributed by atoms with E-state index in [1.54, 1.807) is 0 Å². The smallest absolute Gasteiger partial charge is 0.136 e. The van der Waals surface area contributed by atoms with Gasteiger partial charge in [0.1, 0.15) is 22.7 Å². The highest BCUT2D eigenvalue weighted by Crippen LogP contribution is 2.62. The predicted molar refractivity (Wildman–Crippen MR) is 209 cm³/mol. The van der Waals surface area contributed by atoms with Gasteiger partial charge in [-0.3, -0.25) is 4.98 Å². The molecular formula is C48H30N2O2. The molecule has 0 atom stereocenters. The van der Waals surface area contributed by atoms with E-state index in [-0.39, 0.29) is 0 Å². The van der Waals surface area contributed by atoms with Crippen molar-refractivity contribution in [1.29, 1.82) is 0 Å². The molecule has 0 amide bonds. The van der Waals surface area contributed by atoms with Crippen LogP contribution in [-0.4, -0.2) is 4.98 Å². The Morgan fingerprint density at radius 3 is 1.90 bits per heavy atom. The second kappa shape index (κ2) is 11.0. The average Bonchev–Trinajstić information content (AvgIpc) is 3.72. The molecule has 0 saturated carbocycles. The highest BCUT2D eigenvalue weighted by atomic mass is 16.5. The standard InChI is InChI=1S/C48H30N2O2/c1-2-14-31(15-3-1)50(43-29-36-35-18-6-10-23-44(35)51-46(36)30-37(43)42-22-12-13-27-49-42)32-25-26-41-47(28-32)52-45-24-11-9-21-40(45)48(41)38-19-7-4-16-33(38)34-17-5-8-20-39(34)48/h1-30H. The van der Waals surface area contributed by atoms with Crippen molar-refractivity contribution in [1.82, 2.24) is 4.98 Å². The first kappa shape index (κ1) is 28.9. The van der Waals surface area contributed by atoms with Crippen LogP contribution < -0.4 is 9.64 Å². The SMILES string of the molecule is c1ccc(N(c2ccc3c(c2)Oc2ccccc2C32c3ccccc3-c3ccccc32)c2cc3c(cc2-c2ccccn2)oc2ccccc23)cc1. The summed E-state index contributed by atoms with van der Waals surface area (Å²) in [5, 5.41) is 2.12. The highest BCUT2D eigenvalue weighted by molar-refractivity contribution is 6.09. The van der Waals surface area contributed by atoms with Gasteiger partial charge in [0.05, 0.1) is 16.8 Å². The molecule has 4 nitrogen and oxygen atoms in total. The van der Waals surface area contributed by atoms with E-state index < -0.39 is 5.41 Å². The maximum atomic E-state index is 6.93. The Balaban J connectivity index is 1.19. The Bertz CT molecular complexity index is 2790. The Morgan fingerprint density at radius 1 is 0.442 bits per heavy atom. The fourth-order valence-electron chi connectivity index (χ4n) is 8.67. The van der Waals surface area contributed by atoms with Crippen molar-refractivity contribution in [2.75, 3.05) is 4.90 Å². The minimum atomic E-state index is -0.527. The number of fused-ring (bicyclic) bond motifs is 12. The molecule has 0 fully saturated rings. The number of furan rings is 1. The van der Waals surface area contributed by atoms with Gasteiger partial charge in [0.15, 0.2) is 0 Å². The molecule has 2 aliphatic rings. The Kier molecular flexibility index (Phi) is 6.13. The molecule has 11 rings (SSSR count). The lowest BCUT2D eigenvalue weighted by molar-refractivity contribution is 0.436. The molecular weight excluding hydrogens is 637 g/mol. The van der Waals surface area contributed by atoms with Gasteiger partial charge in [0.25, 0.3) is 0 Å². The van der Waals surface area contributed by atoms with Crippen molar-refractivity contribution >= 4 is 39.0 Å². The summed E-state index contributed by atoms with van der Waals surface area (Å²) in [7, 11) is 0. The van der Waals surface area contributed by atoms with Gasteiger partial charge in [-0.05, 0) is 76.9 Å². The number of anilines is 3. The van der Waals surface area contributed by atoms with Crippen molar-refractivity contribution < 1.29 is 9.15 Å². The second-order valence-corrected chi connectivity index (χ2v) is 13.5. The molecule has 1 aliphatic heterocycles. The third-order valence-corrected chi connectivity index (χ3v) is 10.8. The summed E-state index contributed by atoms with van der Waals surface area (Å²) in [6.45, 7) is 0. The van der Waals surface area contributed by atoms with E-state index in [1.165, 1.54) is 22.3 Å². The molecule has 9 aromatic rings. The predicted octanol–water partition coefficient (Wildman–Crippen LogP) is 12.6. The van der Waals surface area contributed by atoms with Crippen LogP contribution in [0.2, 0.25) is 0 Å². The van der Waals surface area contributed by atoms with Gasteiger partial charge in [-0.15, -0.1) is 0 Å². The normalized spacial score (nSPS) is 13.3. The maximum Gasteiger partial charge on any atom is 0.136 e. The summed E-state index contributed by atoms with van der Waals surface area (Å²) >= 11 is 0. The van der Waals surface area contributed by atoms with E-state index in [9.17, 15) is 0 Å². The molecule has 0 saturated heterocycles. The van der Waals surface area contributed by atoms with Crippen molar-refractivity contribution in [3.05, 3.63) is 204 Å². The van der Waals surface area contributed by atoms with Gasteiger partial charge in [-0.1, -0.05) is 115 Å². The van der Waals surface area contributed by atoms with Gasteiger partial charge < -0.3 is 14.1 Å². The lowest BCUT2D eigenvalue weighted by Gasteiger charge is -2.40. The average molecular weight is 667 g/mol. The fourth-order valence-corrected chi connectivity index (χ4v) is 8.67. The van der Waals surface area contributed by atoms with E-state index in [0.29, 0.717) is 0 Å². The molecule has 0 bridgehead atoms. The molecule has 4 heteroatoms. The molecule has 0 N–H and O–H groups in total. The fraction of sp³-hybridized carbons (Fsp3) is 0.0208. The van der Waals surface area contributed by atoms with Crippen molar-refractivity contribution in [3.63, 3.8) is 0 Å². The zero-order valence-electron chi connectivity index (χ0n) is 28.0. The summed E-state index contributed by atoms with van der Waals surface area (Å²) in [5.41, 5.74) is 13.3. The van der Waals surface area contributed by atoms with Crippen LogP contribution in [0.25, 0.3) is 44.3 Å². The number of nitrogens with zero attached hydrogens (tertiary/aromatic N) is 2. The van der Waals surface area contributed by atoms with Crippen molar-refractivity contribution in [2.45, 2.75) is 5.41 Å². The van der Waals surface area contributed by atoms with E-state index in [4.69, 9.17) is 14.1 Å². The summed E-state index contributed by atoms with van der Waals surface area (Å²) in [6.07, 6.45) is 1.84. The van der Waals surface area contributed by atoms with Crippen LogP contribution in [0.4, 0.5) is 17.1 Å². The number of hydrogen-bond acceptors (Lipinski definition) is 4. The Labute approximate surface area is 300 Å². The number of ether oxygens (including phenoxy) is 1. The number of rotatable bonds is 4. The summed E-state index contributed by atoms with van der Waals surface area (Å²) in [6, 6.07) is 62.1. The van der Waals surface area contributed by atoms with Crippen molar-refractivity contribution in [3.8, 4) is 33.9 Å². The van der Waals surface area contributed by atoms with Crippen LogP contribution in [0, 0.1) is 0 Å². The first-order chi connectivity index (χ1) is 25.8. The third-order valence-electron chi connectivity index (χ3n) is 10.8. The molecule has 3 heterocycles. The lowest BCUT2D eigenvalue weighted by atomic mass is 9.66. The summed E-state index contributed by atoms with van der Waals surface area (Å²) in [4.78, 5) is 7.15. The van der Waals surface area contributed by atoms with Gasteiger partial charge >= 0.3 is 0 Å². The van der Waals surface area contributed by atoms with Crippen molar-refractivity contribution in [2.24, 2.45) is 0 Å². The van der Waals surface area contributed by atoms with E-state index >= 15 is 0 Å². The van der Waals surface area contributed by atoms with Crippen LogP contribution in [-0.2, 0) is 5.41 Å². The topological polar surface area (TPSA) is 38.5 Å². The largest absolute Gasteiger partial charge is 0.457 e. The first-order valence-electron chi connectivity index (χ1n) is 17.6. The minimum absolute atomic E-state index is 0.527. The first-order valence-corrected chi connectivity index (χ1v) is 17.6. The number of hydrogen-bond donors (Lipinski definition) is 0. The summed E-state index contributed by atoms with van der Waals surface area (Å²) in [5.74, 6) is 1.70. The number of aromatic nitrogens is 1. The zero-order valence-corrected chi connectivity index (χ0v) is 28.0. The summed E-state index contributed by atoms with van der Waals surface area (Å²) < 4.78 is 13.3. The lowest BCUT2D eigenvalue weighted by Crippen LogP contribution is -2.32. The molecule has 2 aromatic heterocycles. The number of pyridine rings is 1. The van der Waals surface area contributed by atoms with Gasteiger partial charge in [-0.25, -0.2) is 0 Å². The Morgan fingerprint density at radius 2 is 1.12 bits per heavy atom. The molecule has 244 valence electrons. The van der Waals surface area contributed by atoms with Gasteiger partial charge in [0.2, 0.25) is 0 Å². The van der Waals surface area contributed by atoms with Gasteiger partial charge in [-0.2, -0.15) is 0 Å². The van der Waals surface area contributed by atoms with E-state index in [2.05, 4.69) is 157 Å². The second-order valence-electron chi connectivity index (χ2n) is 13.5. The molecule has 7 aromatic carbocycles. The van der Waals surface area contributed by atoms with Crippen LogP contribution in [0.15, 0.2) is 187 Å². The van der Waals surface area contributed by atoms with E-state index in [0.717, 1.165) is 72.9 Å². The maximum absolute atomic E-state index is 6.93. The molecule has 0 radical (unpaired) electrons. The van der Waals surface area contributed by atoms with Crippen LogP contribution in [0.3, 0.4) is 0 Å². The molecule has 1 spiro atoms. The quantitative estimate of drug-likeness (QED) is 0.187. The highest BCUT2D eigenvalue weighted by Gasteiger charge is 2.51. The molecule has 0 unspecified atom stereocenters. The zero-order chi connectivity index (χ0) is 34.2. The molecule has 1 aliphatic carbocycles.